The minimum absolute atomic E-state index is 0. The molecule has 0 heterocycles. The molecule has 0 aliphatic rings. The number of benzene rings is 1. The molecule has 3 nitrogen and oxygen atoms in total. The minimum Gasteiger partial charge on any atom is -0.398 e. The Labute approximate surface area is 109 Å². The molecule has 17 heavy (non-hydrogen) atoms. The highest BCUT2D eigenvalue weighted by atomic mass is 35.5. The van der Waals surface area contributed by atoms with E-state index in [-0.39, 0.29) is 24.4 Å². The summed E-state index contributed by atoms with van der Waals surface area (Å²) in [6.45, 7) is 4.20. The number of anilines is 1. The van der Waals surface area contributed by atoms with Crippen LogP contribution in [0.25, 0.3) is 0 Å². The summed E-state index contributed by atoms with van der Waals surface area (Å²) in [7, 11) is 0. The van der Waals surface area contributed by atoms with Crippen molar-refractivity contribution < 1.29 is 4.79 Å². The quantitative estimate of drug-likeness (QED) is 0.796. The molecule has 1 amide bonds. The van der Waals surface area contributed by atoms with Crippen LogP contribution >= 0.6 is 12.4 Å². The molecule has 1 atom stereocenters. The molecule has 0 saturated heterocycles. The smallest absolute Gasteiger partial charge is 0.253 e. The van der Waals surface area contributed by atoms with Crippen molar-refractivity contribution in [1.29, 1.82) is 0 Å². The molecule has 0 spiro atoms. The zero-order valence-electron chi connectivity index (χ0n) is 10.4. The van der Waals surface area contributed by atoms with Crippen molar-refractivity contribution in [3.05, 3.63) is 29.8 Å². The normalized spacial score (nSPS) is 11.4. The van der Waals surface area contributed by atoms with Gasteiger partial charge in [-0.1, -0.05) is 32.4 Å². The second-order valence-electron chi connectivity index (χ2n) is 3.95. The lowest BCUT2D eigenvalue weighted by Gasteiger charge is -2.16. The highest BCUT2D eigenvalue weighted by Gasteiger charge is 2.12. The summed E-state index contributed by atoms with van der Waals surface area (Å²) in [6.07, 6.45) is 3.03. The fraction of sp³-hybridized carbons (Fsp3) is 0.462. The Bertz CT molecular complexity index is 355. The van der Waals surface area contributed by atoms with Crippen LogP contribution in [0.2, 0.25) is 0 Å². The van der Waals surface area contributed by atoms with Crippen molar-refractivity contribution in [3.63, 3.8) is 0 Å². The van der Waals surface area contributed by atoms with E-state index in [2.05, 4.69) is 19.2 Å². The number of rotatable bonds is 5. The molecule has 0 radical (unpaired) electrons. The van der Waals surface area contributed by atoms with Gasteiger partial charge in [-0.2, -0.15) is 0 Å². The van der Waals surface area contributed by atoms with Crippen LogP contribution in [0, 0.1) is 0 Å². The summed E-state index contributed by atoms with van der Waals surface area (Å²) in [5, 5.41) is 3.01. The summed E-state index contributed by atoms with van der Waals surface area (Å²) in [4.78, 5) is 11.9. The van der Waals surface area contributed by atoms with Crippen molar-refractivity contribution in [2.75, 3.05) is 5.73 Å². The monoisotopic (exact) mass is 256 g/mol. The van der Waals surface area contributed by atoms with E-state index in [1.807, 2.05) is 12.1 Å². The summed E-state index contributed by atoms with van der Waals surface area (Å²) in [5.74, 6) is -0.0709. The molecular formula is C13H21ClN2O. The summed E-state index contributed by atoms with van der Waals surface area (Å²) >= 11 is 0. The van der Waals surface area contributed by atoms with Crippen molar-refractivity contribution in [2.45, 2.75) is 39.2 Å². The number of nitrogens with two attached hydrogens (primary N) is 1. The van der Waals surface area contributed by atoms with Crippen molar-refractivity contribution in [1.82, 2.24) is 5.32 Å². The van der Waals surface area contributed by atoms with Gasteiger partial charge in [0.2, 0.25) is 0 Å². The Balaban J connectivity index is 0.00000256. The number of carbonyl (C=O) groups is 1. The van der Waals surface area contributed by atoms with E-state index in [1.54, 1.807) is 12.1 Å². The molecule has 0 aliphatic carbocycles. The van der Waals surface area contributed by atoms with Crippen molar-refractivity contribution >= 4 is 24.0 Å². The third kappa shape index (κ3) is 4.65. The van der Waals surface area contributed by atoms with Crippen LogP contribution in [0.4, 0.5) is 5.69 Å². The van der Waals surface area contributed by atoms with Crippen LogP contribution in [0.15, 0.2) is 24.3 Å². The average Bonchev–Trinajstić information content (AvgIpc) is 2.28. The third-order valence-electron chi connectivity index (χ3n) is 2.67. The van der Waals surface area contributed by atoms with Gasteiger partial charge >= 0.3 is 0 Å². The van der Waals surface area contributed by atoms with Gasteiger partial charge in [0.05, 0.1) is 5.56 Å². The number of hydrogen-bond donors (Lipinski definition) is 2. The maximum atomic E-state index is 11.9. The fourth-order valence-electron chi connectivity index (χ4n) is 1.69. The third-order valence-corrected chi connectivity index (χ3v) is 2.67. The number of hydrogen-bond acceptors (Lipinski definition) is 2. The van der Waals surface area contributed by atoms with E-state index in [0.29, 0.717) is 11.3 Å². The summed E-state index contributed by atoms with van der Waals surface area (Å²) in [6, 6.07) is 7.40. The molecule has 0 aromatic heterocycles. The Hall–Kier alpha value is -1.22. The first-order valence-corrected chi connectivity index (χ1v) is 5.84. The van der Waals surface area contributed by atoms with Crippen molar-refractivity contribution in [2.24, 2.45) is 0 Å². The second kappa shape index (κ2) is 7.96. The SMILES string of the molecule is CCCC(CC)NC(=O)c1ccccc1N.Cl. The molecule has 1 aromatic carbocycles. The molecule has 1 aromatic rings. The first-order chi connectivity index (χ1) is 7.69. The zero-order chi connectivity index (χ0) is 12.0. The fourth-order valence-corrected chi connectivity index (χ4v) is 1.69. The number of para-hydroxylation sites is 1. The summed E-state index contributed by atoms with van der Waals surface area (Å²) < 4.78 is 0. The van der Waals surface area contributed by atoms with Gasteiger partial charge in [0.15, 0.2) is 0 Å². The predicted octanol–water partition coefficient (Wildman–Crippen LogP) is 3.00. The van der Waals surface area contributed by atoms with E-state index in [0.717, 1.165) is 19.3 Å². The molecule has 96 valence electrons. The van der Waals surface area contributed by atoms with E-state index in [1.165, 1.54) is 0 Å². The van der Waals surface area contributed by atoms with E-state index in [9.17, 15) is 4.79 Å². The van der Waals surface area contributed by atoms with Gasteiger partial charge in [0, 0.05) is 11.7 Å². The van der Waals surface area contributed by atoms with Crippen LogP contribution in [-0.2, 0) is 0 Å². The molecule has 0 saturated carbocycles. The predicted molar refractivity (Wildman–Crippen MR) is 74.6 cm³/mol. The van der Waals surface area contributed by atoms with E-state index >= 15 is 0 Å². The molecule has 0 bridgehead atoms. The van der Waals surface area contributed by atoms with Gasteiger partial charge in [0.25, 0.3) is 5.91 Å². The zero-order valence-corrected chi connectivity index (χ0v) is 11.2. The van der Waals surface area contributed by atoms with E-state index < -0.39 is 0 Å². The highest BCUT2D eigenvalue weighted by molar-refractivity contribution is 5.99. The maximum absolute atomic E-state index is 11.9. The van der Waals surface area contributed by atoms with Crippen LogP contribution in [0.1, 0.15) is 43.5 Å². The Morgan fingerprint density at radius 3 is 2.53 bits per heavy atom. The molecular weight excluding hydrogens is 236 g/mol. The molecule has 3 N–H and O–H groups in total. The Kier molecular flexibility index (Phi) is 7.39. The average molecular weight is 257 g/mol. The lowest BCUT2D eigenvalue weighted by atomic mass is 10.1. The van der Waals surface area contributed by atoms with Gasteiger partial charge < -0.3 is 11.1 Å². The molecule has 1 unspecified atom stereocenters. The maximum Gasteiger partial charge on any atom is 0.253 e. The van der Waals surface area contributed by atoms with Gasteiger partial charge in [-0.3, -0.25) is 4.79 Å². The van der Waals surface area contributed by atoms with E-state index in [4.69, 9.17) is 5.73 Å². The largest absolute Gasteiger partial charge is 0.398 e. The lowest BCUT2D eigenvalue weighted by Crippen LogP contribution is -2.34. The standard InChI is InChI=1S/C13H20N2O.ClH/c1-3-7-10(4-2)15-13(16)11-8-5-6-9-12(11)14;/h5-6,8-10H,3-4,7,14H2,1-2H3,(H,15,16);1H. The van der Waals surface area contributed by atoms with Crippen LogP contribution in [0.5, 0.6) is 0 Å². The van der Waals surface area contributed by atoms with Gasteiger partial charge in [-0.15, -0.1) is 12.4 Å². The number of carbonyl (C=O) groups excluding carboxylic acids is 1. The topological polar surface area (TPSA) is 55.1 Å². The van der Waals surface area contributed by atoms with Crippen LogP contribution in [-0.4, -0.2) is 11.9 Å². The number of nitrogens with one attached hydrogen (secondary N) is 1. The second-order valence-corrected chi connectivity index (χ2v) is 3.95. The highest BCUT2D eigenvalue weighted by Crippen LogP contribution is 2.11. The van der Waals surface area contributed by atoms with Crippen LogP contribution in [0.3, 0.4) is 0 Å². The number of halogens is 1. The first kappa shape index (κ1) is 15.8. The molecule has 0 aliphatic heterocycles. The number of amides is 1. The Morgan fingerprint density at radius 1 is 1.35 bits per heavy atom. The molecule has 1 rings (SSSR count). The van der Waals surface area contributed by atoms with Gasteiger partial charge in [-0.05, 0) is 25.0 Å². The summed E-state index contributed by atoms with van der Waals surface area (Å²) in [5.41, 5.74) is 6.85. The first-order valence-electron chi connectivity index (χ1n) is 5.84. The van der Waals surface area contributed by atoms with Crippen molar-refractivity contribution in [3.8, 4) is 0 Å². The van der Waals surface area contributed by atoms with Gasteiger partial charge in [0.1, 0.15) is 0 Å². The number of nitrogen functional groups attached to an aromatic ring is 1. The Morgan fingerprint density at radius 2 is 2.00 bits per heavy atom. The molecule has 4 heteroatoms. The van der Waals surface area contributed by atoms with Gasteiger partial charge in [-0.25, -0.2) is 0 Å². The lowest BCUT2D eigenvalue weighted by molar-refractivity contribution is 0.0934. The minimum atomic E-state index is -0.0709. The van der Waals surface area contributed by atoms with Crippen LogP contribution < -0.4 is 11.1 Å². The molecule has 0 fully saturated rings.